The van der Waals surface area contributed by atoms with Crippen molar-refractivity contribution in [2.45, 2.75) is 108 Å². The summed E-state index contributed by atoms with van der Waals surface area (Å²) in [7, 11) is 0. The Bertz CT molecular complexity index is 1940. The van der Waals surface area contributed by atoms with Gasteiger partial charge in [-0.3, -0.25) is 19.2 Å². The van der Waals surface area contributed by atoms with Crippen LogP contribution in [0.2, 0.25) is 0 Å². The van der Waals surface area contributed by atoms with Crippen molar-refractivity contribution in [1.82, 2.24) is 10.8 Å². The Kier molecular flexibility index (Phi) is 16.1. The Labute approximate surface area is 339 Å². The Morgan fingerprint density at radius 3 is 2.39 bits per heavy atom. The minimum Gasteiger partial charge on any atom is -0.494 e. The van der Waals surface area contributed by atoms with Crippen LogP contribution in [-0.2, 0) is 36.8 Å². The van der Waals surface area contributed by atoms with Gasteiger partial charge >= 0.3 is 5.97 Å². The standard InChI is InChI=1S/C46H55N3O7S/c50-43(48-40(28-33-14-9-6-10-15-33)46(53)56-39-18-11-12-19-39)20-13-27-54-38-24-21-34(22-25-38)29-44(51)47-37-23-26-41-36(30-37)31-42(57-41)45(52)49-55-32-35-16-7-4-2-1-3-5-8-17-35/h6-7,9-10,14-16,21-26,30-31,35,39-40H,1-5,8,11-13,17-20,27-29,32H2,(H,47,51)(H,48,50)(H,49,52)/b16-7-/t35?,40-/m0/s1. The normalized spacial score (nSPS) is 17.3. The molecule has 10 nitrogen and oxygen atoms in total. The molecule has 2 atom stereocenters. The Hall–Kier alpha value is -5.00. The number of allylic oxidation sites excluding steroid dienone is 1. The van der Waals surface area contributed by atoms with Gasteiger partial charge < -0.3 is 20.1 Å². The van der Waals surface area contributed by atoms with E-state index in [1.807, 2.05) is 78.9 Å². The molecule has 1 fully saturated rings. The lowest BCUT2D eigenvalue weighted by Crippen LogP contribution is -2.44. The highest BCUT2D eigenvalue weighted by molar-refractivity contribution is 7.20. The van der Waals surface area contributed by atoms with Gasteiger partial charge in [-0.2, -0.15) is 0 Å². The molecule has 6 rings (SSSR count). The number of amides is 3. The van der Waals surface area contributed by atoms with E-state index in [-0.39, 0.29) is 42.6 Å². The molecule has 302 valence electrons. The number of rotatable bonds is 17. The average molecular weight is 794 g/mol. The molecule has 1 unspecified atom stereocenters. The third-order valence-corrected chi connectivity index (χ3v) is 11.5. The molecule has 0 saturated heterocycles. The van der Waals surface area contributed by atoms with Crippen LogP contribution in [0.1, 0.15) is 104 Å². The first-order chi connectivity index (χ1) is 27.9. The molecular weight excluding hydrogens is 739 g/mol. The number of fused-ring (bicyclic) bond motifs is 1. The van der Waals surface area contributed by atoms with Gasteiger partial charge in [0.2, 0.25) is 11.8 Å². The second kappa shape index (κ2) is 22.1. The zero-order valence-corrected chi connectivity index (χ0v) is 33.5. The third kappa shape index (κ3) is 13.9. The summed E-state index contributed by atoms with van der Waals surface area (Å²) in [4.78, 5) is 57.8. The van der Waals surface area contributed by atoms with Crippen LogP contribution in [0.4, 0.5) is 5.69 Å². The van der Waals surface area contributed by atoms with Crippen molar-refractivity contribution >= 4 is 50.8 Å². The van der Waals surface area contributed by atoms with Crippen LogP contribution in [0.15, 0.2) is 91.0 Å². The molecule has 3 N–H and O–H groups in total. The van der Waals surface area contributed by atoms with Crippen LogP contribution >= 0.6 is 11.3 Å². The number of hydrogen-bond donors (Lipinski definition) is 3. The van der Waals surface area contributed by atoms with Gasteiger partial charge in [0.1, 0.15) is 17.9 Å². The molecule has 1 aromatic heterocycles. The Morgan fingerprint density at radius 1 is 0.789 bits per heavy atom. The predicted octanol–water partition coefficient (Wildman–Crippen LogP) is 9.03. The van der Waals surface area contributed by atoms with Gasteiger partial charge in [0.25, 0.3) is 5.91 Å². The van der Waals surface area contributed by atoms with Crippen molar-refractivity contribution in [3.63, 3.8) is 0 Å². The molecule has 0 bridgehead atoms. The van der Waals surface area contributed by atoms with Crippen molar-refractivity contribution in [3.8, 4) is 5.75 Å². The Balaban J connectivity index is 0.902. The topological polar surface area (TPSA) is 132 Å². The van der Waals surface area contributed by atoms with E-state index < -0.39 is 6.04 Å². The summed E-state index contributed by atoms with van der Waals surface area (Å²) in [5, 5.41) is 6.72. The number of nitrogens with one attached hydrogen (secondary N) is 3. The minimum absolute atomic E-state index is 0.0711. The van der Waals surface area contributed by atoms with Crippen molar-refractivity contribution < 1.29 is 33.5 Å². The van der Waals surface area contributed by atoms with E-state index in [0.29, 0.717) is 48.3 Å². The van der Waals surface area contributed by atoms with E-state index in [2.05, 4.69) is 28.3 Å². The lowest BCUT2D eigenvalue weighted by atomic mass is 9.98. The molecule has 3 aromatic carbocycles. The molecule has 0 aliphatic heterocycles. The number of esters is 1. The third-order valence-electron chi connectivity index (χ3n) is 10.4. The Morgan fingerprint density at radius 2 is 1.56 bits per heavy atom. The molecule has 4 aromatic rings. The summed E-state index contributed by atoms with van der Waals surface area (Å²) in [6.45, 7) is 0.778. The van der Waals surface area contributed by atoms with E-state index >= 15 is 0 Å². The maximum atomic E-state index is 13.0. The second-order valence-electron chi connectivity index (χ2n) is 15.1. The van der Waals surface area contributed by atoms with Crippen LogP contribution in [0.3, 0.4) is 0 Å². The van der Waals surface area contributed by atoms with E-state index in [1.165, 1.54) is 43.4 Å². The van der Waals surface area contributed by atoms with Crippen LogP contribution in [0, 0.1) is 5.92 Å². The van der Waals surface area contributed by atoms with Gasteiger partial charge in [-0.15, -0.1) is 11.3 Å². The fraction of sp³-hybridized carbons (Fsp3) is 0.435. The van der Waals surface area contributed by atoms with E-state index in [9.17, 15) is 19.2 Å². The fourth-order valence-electron chi connectivity index (χ4n) is 7.30. The highest BCUT2D eigenvalue weighted by Gasteiger charge is 2.27. The van der Waals surface area contributed by atoms with Crippen molar-refractivity contribution in [2.75, 3.05) is 18.5 Å². The number of benzene rings is 3. The van der Waals surface area contributed by atoms with Gasteiger partial charge in [-0.05, 0) is 104 Å². The molecule has 2 aliphatic rings. The maximum Gasteiger partial charge on any atom is 0.329 e. The number of carbonyl (C=O) groups excluding carboxylic acids is 4. The van der Waals surface area contributed by atoms with Crippen molar-refractivity contribution in [3.05, 3.63) is 107 Å². The van der Waals surface area contributed by atoms with Crippen molar-refractivity contribution in [1.29, 1.82) is 0 Å². The van der Waals surface area contributed by atoms with Crippen LogP contribution < -0.4 is 20.9 Å². The van der Waals surface area contributed by atoms with Gasteiger partial charge in [0.05, 0.1) is 24.5 Å². The van der Waals surface area contributed by atoms with Crippen LogP contribution in [0.5, 0.6) is 5.75 Å². The SMILES string of the molecule is O=C(Cc1ccc(OCCCC(=O)N[C@@H](Cc2ccccc2)C(=O)OC2CCCC2)cc1)Nc1ccc2sc(C(=O)NOCC3/C=C\CCCCCCC3)cc2c1. The van der Waals surface area contributed by atoms with Gasteiger partial charge in [0.15, 0.2) is 0 Å². The number of ether oxygens (including phenoxy) is 2. The van der Waals surface area contributed by atoms with Crippen LogP contribution in [0.25, 0.3) is 10.1 Å². The zero-order valence-electron chi connectivity index (χ0n) is 32.7. The number of hydrogen-bond acceptors (Lipinski definition) is 8. The quantitative estimate of drug-likeness (QED) is 0.0421. The molecule has 3 amide bonds. The molecule has 0 radical (unpaired) electrons. The highest BCUT2D eigenvalue weighted by atomic mass is 32.1. The molecule has 57 heavy (non-hydrogen) atoms. The first kappa shape index (κ1) is 41.6. The van der Waals surface area contributed by atoms with Crippen molar-refractivity contribution in [2.24, 2.45) is 5.92 Å². The zero-order chi connectivity index (χ0) is 39.7. The summed E-state index contributed by atoms with van der Waals surface area (Å²) in [5.41, 5.74) is 5.05. The second-order valence-corrected chi connectivity index (χ2v) is 16.2. The summed E-state index contributed by atoms with van der Waals surface area (Å²) in [6.07, 6.45) is 17.9. The fourth-order valence-corrected chi connectivity index (χ4v) is 8.23. The van der Waals surface area contributed by atoms with Crippen LogP contribution in [-0.4, -0.2) is 49.1 Å². The molecule has 1 heterocycles. The lowest BCUT2D eigenvalue weighted by Gasteiger charge is -2.20. The van der Waals surface area contributed by atoms with Gasteiger partial charge in [0, 0.05) is 29.1 Å². The maximum absolute atomic E-state index is 13.0. The largest absolute Gasteiger partial charge is 0.494 e. The summed E-state index contributed by atoms with van der Waals surface area (Å²) in [5.74, 6) is -0.111. The van der Waals surface area contributed by atoms with E-state index in [1.54, 1.807) is 0 Å². The number of hydroxylamine groups is 1. The summed E-state index contributed by atoms with van der Waals surface area (Å²) >= 11 is 1.38. The predicted molar refractivity (Wildman–Crippen MR) is 224 cm³/mol. The van der Waals surface area contributed by atoms with E-state index in [4.69, 9.17) is 14.3 Å². The number of carbonyl (C=O) groups is 4. The summed E-state index contributed by atoms with van der Waals surface area (Å²) in [6, 6.07) is 23.6. The monoisotopic (exact) mass is 793 g/mol. The summed E-state index contributed by atoms with van der Waals surface area (Å²) < 4.78 is 12.5. The highest BCUT2D eigenvalue weighted by Crippen LogP contribution is 2.29. The molecule has 2 aliphatic carbocycles. The lowest BCUT2D eigenvalue weighted by molar-refractivity contribution is -0.152. The molecular formula is C46H55N3O7S. The smallest absolute Gasteiger partial charge is 0.329 e. The van der Waals surface area contributed by atoms with E-state index in [0.717, 1.165) is 59.7 Å². The molecule has 1 saturated carbocycles. The van der Waals surface area contributed by atoms with Gasteiger partial charge in [-0.1, -0.05) is 80.3 Å². The first-order valence-corrected chi connectivity index (χ1v) is 21.4. The average Bonchev–Trinajstić information content (AvgIpc) is 3.90. The molecule has 11 heteroatoms. The number of anilines is 1. The first-order valence-electron chi connectivity index (χ1n) is 20.6. The minimum atomic E-state index is -0.742. The van der Waals surface area contributed by atoms with Gasteiger partial charge in [-0.25, -0.2) is 10.3 Å². The molecule has 0 spiro atoms. The number of thiophene rings is 1.